The molecule has 4 heterocycles. The van der Waals surface area contributed by atoms with Gasteiger partial charge in [-0.05, 0) is 32.8 Å². The molecule has 0 amide bonds. The zero-order valence-corrected chi connectivity index (χ0v) is 17.5. The number of methoxy groups -OCH3 is 1. The molecular formula is C21H26N8O. The molecule has 0 aromatic carbocycles. The van der Waals surface area contributed by atoms with Gasteiger partial charge in [0.25, 0.3) is 0 Å². The fourth-order valence-electron chi connectivity index (χ4n) is 3.96. The van der Waals surface area contributed by atoms with Gasteiger partial charge in [-0.1, -0.05) is 0 Å². The van der Waals surface area contributed by atoms with Crippen LogP contribution in [0, 0.1) is 18.3 Å². The number of anilines is 3. The standard InChI is InChI=1S/C21H26N8O/c1-14(4-8-22)29-15(2)25-17-13-24-20(12-18(17)29)26-19-5-9-23-21(27-19)28-10-6-16(30-3)7-11-28/h5,9,12-14,16H,4,6-7,10-11H2,1-3H3,(H,23,24,26,27). The number of piperidine rings is 1. The summed E-state index contributed by atoms with van der Waals surface area (Å²) >= 11 is 0. The largest absolute Gasteiger partial charge is 0.381 e. The van der Waals surface area contributed by atoms with E-state index in [1.54, 1.807) is 19.5 Å². The van der Waals surface area contributed by atoms with Gasteiger partial charge in [0.15, 0.2) is 0 Å². The Balaban J connectivity index is 1.56. The minimum Gasteiger partial charge on any atom is -0.381 e. The zero-order chi connectivity index (χ0) is 21.1. The number of hydrogen-bond acceptors (Lipinski definition) is 8. The number of nitriles is 1. The van der Waals surface area contributed by atoms with Crippen molar-refractivity contribution >= 4 is 28.6 Å². The fourth-order valence-corrected chi connectivity index (χ4v) is 3.96. The van der Waals surface area contributed by atoms with Crippen LogP contribution in [0.25, 0.3) is 11.0 Å². The lowest BCUT2D eigenvalue weighted by molar-refractivity contribution is 0.0816. The molecule has 3 aromatic heterocycles. The number of rotatable bonds is 6. The Morgan fingerprint density at radius 3 is 2.80 bits per heavy atom. The van der Waals surface area contributed by atoms with E-state index in [-0.39, 0.29) is 6.04 Å². The number of imidazole rings is 1. The maximum absolute atomic E-state index is 9.08. The second-order valence-corrected chi connectivity index (χ2v) is 7.59. The highest BCUT2D eigenvalue weighted by atomic mass is 16.5. The van der Waals surface area contributed by atoms with E-state index in [9.17, 15) is 0 Å². The molecule has 1 saturated heterocycles. The van der Waals surface area contributed by atoms with Crippen molar-refractivity contribution in [1.82, 2.24) is 24.5 Å². The molecule has 1 fully saturated rings. The van der Waals surface area contributed by atoms with Crippen molar-refractivity contribution in [3.63, 3.8) is 0 Å². The number of nitrogens with zero attached hydrogens (tertiary/aromatic N) is 7. The molecule has 156 valence electrons. The van der Waals surface area contributed by atoms with Crippen LogP contribution in [0.1, 0.15) is 38.1 Å². The Morgan fingerprint density at radius 2 is 2.07 bits per heavy atom. The van der Waals surface area contributed by atoms with E-state index in [1.165, 1.54) is 0 Å². The Bertz CT molecular complexity index is 1060. The lowest BCUT2D eigenvalue weighted by Crippen LogP contribution is -2.37. The lowest BCUT2D eigenvalue weighted by atomic mass is 10.1. The molecule has 4 rings (SSSR count). The summed E-state index contributed by atoms with van der Waals surface area (Å²) in [6.07, 6.45) is 6.19. The highest BCUT2D eigenvalue weighted by Gasteiger charge is 2.21. The van der Waals surface area contributed by atoms with Crippen LogP contribution in [-0.2, 0) is 4.74 Å². The van der Waals surface area contributed by atoms with Crippen LogP contribution in [0.3, 0.4) is 0 Å². The van der Waals surface area contributed by atoms with Crippen LogP contribution in [0.5, 0.6) is 0 Å². The first-order valence-corrected chi connectivity index (χ1v) is 10.2. The minimum atomic E-state index is 0.0379. The van der Waals surface area contributed by atoms with E-state index < -0.39 is 0 Å². The van der Waals surface area contributed by atoms with E-state index in [2.05, 4.69) is 40.8 Å². The summed E-state index contributed by atoms with van der Waals surface area (Å²) in [6, 6.07) is 6.06. The third-order valence-corrected chi connectivity index (χ3v) is 5.54. The van der Waals surface area contributed by atoms with Gasteiger partial charge in [-0.25, -0.2) is 15.0 Å². The fraction of sp³-hybridized carbons (Fsp3) is 0.476. The molecule has 0 radical (unpaired) electrons. The van der Waals surface area contributed by atoms with Crippen LogP contribution in [-0.4, -0.2) is 50.8 Å². The molecule has 0 bridgehead atoms. The monoisotopic (exact) mass is 406 g/mol. The molecule has 30 heavy (non-hydrogen) atoms. The van der Waals surface area contributed by atoms with Crippen molar-refractivity contribution in [3.05, 3.63) is 30.4 Å². The molecule has 1 aliphatic rings. The quantitative estimate of drug-likeness (QED) is 0.664. The summed E-state index contributed by atoms with van der Waals surface area (Å²) in [7, 11) is 1.76. The number of ether oxygens (including phenoxy) is 1. The van der Waals surface area contributed by atoms with E-state index >= 15 is 0 Å². The zero-order valence-electron chi connectivity index (χ0n) is 17.5. The molecule has 9 heteroatoms. The molecule has 9 nitrogen and oxygen atoms in total. The van der Waals surface area contributed by atoms with Gasteiger partial charge in [0.05, 0.1) is 30.3 Å². The van der Waals surface area contributed by atoms with Crippen molar-refractivity contribution in [2.45, 2.75) is 45.3 Å². The van der Waals surface area contributed by atoms with Gasteiger partial charge in [-0.2, -0.15) is 10.2 Å². The molecule has 0 aliphatic carbocycles. The van der Waals surface area contributed by atoms with Crippen molar-refractivity contribution in [2.75, 3.05) is 30.4 Å². The Kier molecular flexibility index (Phi) is 5.77. The molecule has 3 aromatic rings. The van der Waals surface area contributed by atoms with Crippen molar-refractivity contribution in [2.24, 2.45) is 0 Å². The number of aryl methyl sites for hydroxylation is 1. The van der Waals surface area contributed by atoms with Gasteiger partial charge in [0, 0.05) is 38.5 Å². The number of nitrogens with one attached hydrogen (secondary N) is 1. The number of pyridine rings is 1. The molecule has 0 spiro atoms. The van der Waals surface area contributed by atoms with E-state index in [1.807, 2.05) is 26.0 Å². The summed E-state index contributed by atoms with van der Waals surface area (Å²) < 4.78 is 7.52. The number of fused-ring (bicyclic) bond motifs is 1. The third kappa shape index (κ3) is 4.04. The first-order chi connectivity index (χ1) is 14.6. The molecular weight excluding hydrogens is 380 g/mol. The van der Waals surface area contributed by atoms with Gasteiger partial charge in [-0.15, -0.1) is 0 Å². The third-order valence-electron chi connectivity index (χ3n) is 5.54. The Morgan fingerprint density at radius 1 is 1.27 bits per heavy atom. The summed E-state index contributed by atoms with van der Waals surface area (Å²) in [5.74, 6) is 2.94. The molecule has 1 unspecified atom stereocenters. The van der Waals surface area contributed by atoms with Gasteiger partial charge in [0.2, 0.25) is 5.95 Å². The van der Waals surface area contributed by atoms with E-state index in [4.69, 9.17) is 10.00 Å². The number of hydrogen-bond donors (Lipinski definition) is 1. The highest BCUT2D eigenvalue weighted by Crippen LogP contribution is 2.25. The topological polar surface area (TPSA) is 105 Å². The average Bonchev–Trinajstić information content (AvgIpc) is 3.09. The first kappa shape index (κ1) is 20.0. The predicted octanol–water partition coefficient (Wildman–Crippen LogP) is 3.36. The Hall–Kier alpha value is -3.25. The number of aromatic nitrogens is 5. The van der Waals surface area contributed by atoms with Crippen LogP contribution in [0.4, 0.5) is 17.6 Å². The average molecular weight is 406 g/mol. The van der Waals surface area contributed by atoms with Gasteiger partial charge in [0.1, 0.15) is 23.0 Å². The van der Waals surface area contributed by atoms with E-state index in [0.29, 0.717) is 30.1 Å². The molecule has 1 aliphatic heterocycles. The summed E-state index contributed by atoms with van der Waals surface area (Å²) in [6.45, 7) is 5.72. The van der Waals surface area contributed by atoms with Crippen molar-refractivity contribution in [3.8, 4) is 6.07 Å². The maximum Gasteiger partial charge on any atom is 0.227 e. The summed E-state index contributed by atoms with van der Waals surface area (Å²) in [5, 5.41) is 12.4. The van der Waals surface area contributed by atoms with E-state index in [0.717, 1.165) is 42.8 Å². The summed E-state index contributed by atoms with van der Waals surface area (Å²) in [4.78, 5) is 20.3. The van der Waals surface area contributed by atoms with Crippen LogP contribution in [0.15, 0.2) is 24.5 Å². The summed E-state index contributed by atoms with van der Waals surface area (Å²) in [5.41, 5.74) is 1.76. The second-order valence-electron chi connectivity index (χ2n) is 7.59. The van der Waals surface area contributed by atoms with Gasteiger partial charge < -0.3 is 19.5 Å². The molecule has 1 atom stereocenters. The second kappa shape index (κ2) is 8.63. The minimum absolute atomic E-state index is 0.0379. The van der Waals surface area contributed by atoms with Gasteiger partial charge in [-0.3, -0.25) is 0 Å². The van der Waals surface area contributed by atoms with Crippen LogP contribution < -0.4 is 10.2 Å². The maximum atomic E-state index is 9.08. The Labute approximate surface area is 175 Å². The molecule has 1 N–H and O–H groups in total. The van der Waals surface area contributed by atoms with Gasteiger partial charge >= 0.3 is 0 Å². The van der Waals surface area contributed by atoms with Crippen LogP contribution in [0.2, 0.25) is 0 Å². The SMILES string of the molecule is COC1CCN(c2nccc(Nc3cc4c(cn3)nc(C)n4C(C)CC#N)n2)CC1. The highest BCUT2D eigenvalue weighted by molar-refractivity contribution is 5.79. The lowest BCUT2D eigenvalue weighted by Gasteiger charge is -2.31. The smallest absolute Gasteiger partial charge is 0.227 e. The van der Waals surface area contributed by atoms with Crippen molar-refractivity contribution in [1.29, 1.82) is 5.26 Å². The predicted molar refractivity (Wildman–Crippen MR) is 115 cm³/mol. The normalized spacial score (nSPS) is 15.9. The van der Waals surface area contributed by atoms with Crippen molar-refractivity contribution < 1.29 is 4.74 Å². The van der Waals surface area contributed by atoms with Crippen LogP contribution >= 0.6 is 0 Å². The molecule has 0 saturated carbocycles. The first-order valence-electron chi connectivity index (χ1n) is 10.2.